The number of Topliss-reactive ketones (excluding diaryl/α,β-unsaturated/α-hetero) is 1. The van der Waals surface area contributed by atoms with Crippen LogP contribution in [0.4, 0.5) is 0 Å². The summed E-state index contributed by atoms with van der Waals surface area (Å²) >= 11 is 0. The minimum absolute atomic E-state index is 0. The van der Waals surface area contributed by atoms with Gasteiger partial charge in [0.1, 0.15) is 0 Å². The molecule has 0 saturated heterocycles. The van der Waals surface area contributed by atoms with Gasteiger partial charge in [0.2, 0.25) is 0 Å². The van der Waals surface area contributed by atoms with Crippen LogP contribution < -0.4 is 9.47 Å². The summed E-state index contributed by atoms with van der Waals surface area (Å²) in [6.45, 7) is 1.85. The van der Waals surface area contributed by atoms with E-state index >= 15 is 0 Å². The molecular formula is C25H33ClN2O3. The van der Waals surface area contributed by atoms with Gasteiger partial charge in [0.15, 0.2) is 17.3 Å². The number of ketones is 1. The van der Waals surface area contributed by atoms with E-state index in [2.05, 4.69) is 24.1 Å². The van der Waals surface area contributed by atoms with Crippen molar-refractivity contribution >= 4 is 29.1 Å². The number of carbonyl (C=O) groups excluding carboxylic acids is 1. The number of methoxy groups -OCH3 is 2. The average Bonchev–Trinajstić information content (AvgIpc) is 3.10. The van der Waals surface area contributed by atoms with Crippen molar-refractivity contribution < 1.29 is 14.3 Å². The Morgan fingerprint density at radius 2 is 1.74 bits per heavy atom. The maximum Gasteiger partial charge on any atom is 0.165 e. The molecule has 0 radical (unpaired) electrons. The van der Waals surface area contributed by atoms with Crippen LogP contribution in [0.2, 0.25) is 0 Å². The first kappa shape index (κ1) is 24.8. The van der Waals surface area contributed by atoms with Crippen molar-refractivity contribution in [2.45, 2.75) is 32.2 Å². The third kappa shape index (κ3) is 6.25. The van der Waals surface area contributed by atoms with Crippen LogP contribution in [0.5, 0.6) is 11.5 Å². The fourth-order valence-corrected chi connectivity index (χ4v) is 3.91. The maximum absolute atomic E-state index is 12.7. The van der Waals surface area contributed by atoms with Crippen LogP contribution in [0.1, 0.15) is 41.6 Å². The molecule has 0 N–H and O–H groups in total. The summed E-state index contributed by atoms with van der Waals surface area (Å²) in [7, 11) is 7.42. The lowest BCUT2D eigenvalue weighted by molar-refractivity contribution is 0.0980. The van der Waals surface area contributed by atoms with E-state index in [4.69, 9.17) is 9.47 Å². The maximum atomic E-state index is 12.7. The molecule has 0 unspecified atom stereocenters. The Hall–Kier alpha value is -2.50. The number of carbonyl (C=O) groups is 1. The minimum atomic E-state index is 0. The molecule has 3 aromatic rings. The fraction of sp³-hybridized carbons (Fsp3) is 0.400. The van der Waals surface area contributed by atoms with Crippen LogP contribution >= 0.6 is 12.4 Å². The Morgan fingerprint density at radius 3 is 2.48 bits per heavy atom. The largest absolute Gasteiger partial charge is 0.493 e. The van der Waals surface area contributed by atoms with Crippen LogP contribution in [-0.4, -0.2) is 43.1 Å². The quantitative estimate of drug-likeness (QED) is 0.289. The van der Waals surface area contributed by atoms with Gasteiger partial charge >= 0.3 is 0 Å². The molecule has 0 aliphatic heterocycles. The van der Waals surface area contributed by atoms with Gasteiger partial charge in [-0.1, -0.05) is 30.7 Å². The summed E-state index contributed by atoms with van der Waals surface area (Å²) in [5.74, 6) is 1.75. The van der Waals surface area contributed by atoms with E-state index in [1.54, 1.807) is 14.2 Å². The van der Waals surface area contributed by atoms with Crippen LogP contribution in [-0.2, 0) is 13.6 Å². The Balaban J connectivity index is 0.00000341. The molecule has 31 heavy (non-hydrogen) atoms. The lowest BCUT2D eigenvalue weighted by Crippen LogP contribution is -2.19. The summed E-state index contributed by atoms with van der Waals surface area (Å²) < 4.78 is 12.7. The lowest BCUT2D eigenvalue weighted by Gasteiger charge is -2.17. The number of rotatable bonds is 11. The Morgan fingerprint density at radius 1 is 1.00 bits per heavy atom. The number of nitrogens with zero attached hydrogens (tertiary/aromatic N) is 2. The summed E-state index contributed by atoms with van der Waals surface area (Å²) in [5.41, 5.74) is 3.15. The van der Waals surface area contributed by atoms with E-state index in [-0.39, 0.29) is 18.2 Å². The van der Waals surface area contributed by atoms with Crippen molar-refractivity contribution in [3.63, 3.8) is 0 Å². The molecule has 2 aromatic carbocycles. The van der Waals surface area contributed by atoms with E-state index in [0.29, 0.717) is 6.42 Å². The van der Waals surface area contributed by atoms with Gasteiger partial charge in [-0.2, -0.15) is 0 Å². The van der Waals surface area contributed by atoms with E-state index in [1.165, 1.54) is 5.56 Å². The van der Waals surface area contributed by atoms with Crippen molar-refractivity contribution in [3.8, 4) is 11.5 Å². The second kappa shape index (κ2) is 11.8. The summed E-state index contributed by atoms with van der Waals surface area (Å²) in [6.07, 6.45) is 5.61. The van der Waals surface area contributed by atoms with Gasteiger partial charge in [-0.15, -0.1) is 12.4 Å². The first-order valence-corrected chi connectivity index (χ1v) is 10.5. The Bertz CT molecular complexity index is 1000. The standard InChI is InChI=1S/C25H32N2O3.ClH/c1-26(17-19-13-14-24(29-3)25(16-19)30-4)15-9-5-6-12-23(28)21-18-27(2)22-11-8-7-10-20(21)22;/h7-8,10-11,13-14,16,18H,5-6,9,12,15,17H2,1-4H3;1H. The average molecular weight is 445 g/mol. The van der Waals surface area contributed by atoms with Gasteiger partial charge in [0.05, 0.1) is 14.2 Å². The molecule has 0 aliphatic carbocycles. The zero-order valence-electron chi connectivity index (χ0n) is 18.9. The lowest BCUT2D eigenvalue weighted by atomic mass is 10.0. The topological polar surface area (TPSA) is 43.7 Å². The molecule has 3 rings (SSSR count). The number of hydrogen-bond acceptors (Lipinski definition) is 4. The van der Waals surface area contributed by atoms with Crippen molar-refractivity contribution in [1.29, 1.82) is 0 Å². The highest BCUT2D eigenvalue weighted by atomic mass is 35.5. The highest BCUT2D eigenvalue weighted by molar-refractivity contribution is 6.08. The molecule has 0 aliphatic rings. The summed E-state index contributed by atoms with van der Waals surface area (Å²) in [4.78, 5) is 15.0. The fourth-order valence-electron chi connectivity index (χ4n) is 3.91. The number of unbranched alkanes of at least 4 members (excludes halogenated alkanes) is 2. The van der Waals surface area contributed by atoms with Gasteiger partial charge in [0.25, 0.3) is 0 Å². The number of hydrogen-bond donors (Lipinski definition) is 0. The van der Waals surface area contributed by atoms with Crippen LogP contribution in [0, 0.1) is 0 Å². The molecule has 1 aromatic heterocycles. The molecule has 0 bridgehead atoms. The molecule has 0 amide bonds. The van der Waals surface area contributed by atoms with Gasteiger partial charge in [-0.25, -0.2) is 0 Å². The highest BCUT2D eigenvalue weighted by Crippen LogP contribution is 2.28. The van der Waals surface area contributed by atoms with Gasteiger partial charge < -0.3 is 18.9 Å². The zero-order valence-corrected chi connectivity index (χ0v) is 19.7. The van der Waals surface area contributed by atoms with E-state index < -0.39 is 0 Å². The third-order valence-electron chi connectivity index (χ3n) is 5.54. The molecule has 0 saturated carbocycles. The van der Waals surface area contributed by atoms with Crippen molar-refractivity contribution in [2.75, 3.05) is 27.8 Å². The van der Waals surface area contributed by atoms with Crippen LogP contribution in [0.25, 0.3) is 10.9 Å². The molecular weight excluding hydrogens is 412 g/mol. The number of halogens is 1. The second-order valence-electron chi connectivity index (χ2n) is 7.83. The molecule has 0 atom stereocenters. The molecule has 0 fully saturated rings. The van der Waals surface area contributed by atoms with Crippen molar-refractivity contribution in [3.05, 3.63) is 59.8 Å². The molecule has 168 valence electrons. The number of aryl methyl sites for hydroxylation is 1. The first-order chi connectivity index (χ1) is 14.5. The van der Waals surface area contributed by atoms with Gasteiger partial charge in [-0.05, 0) is 50.2 Å². The normalized spacial score (nSPS) is 10.9. The first-order valence-electron chi connectivity index (χ1n) is 10.5. The Labute approximate surface area is 191 Å². The number of aromatic nitrogens is 1. The SMILES string of the molecule is COc1ccc(CN(C)CCCCCC(=O)c2cn(C)c3ccccc23)cc1OC.Cl. The molecule has 0 spiro atoms. The molecule has 1 heterocycles. The predicted molar refractivity (Wildman–Crippen MR) is 129 cm³/mol. The number of benzene rings is 2. The van der Waals surface area contributed by atoms with Gasteiger partial charge in [-0.3, -0.25) is 4.79 Å². The predicted octanol–water partition coefficient (Wildman–Crippen LogP) is 5.49. The summed E-state index contributed by atoms with van der Waals surface area (Å²) in [6, 6.07) is 14.1. The van der Waals surface area contributed by atoms with Crippen molar-refractivity contribution in [1.82, 2.24) is 9.47 Å². The second-order valence-corrected chi connectivity index (χ2v) is 7.83. The van der Waals surface area contributed by atoms with Crippen LogP contribution in [0.15, 0.2) is 48.7 Å². The van der Waals surface area contributed by atoms with Gasteiger partial charge in [0, 0.05) is 42.7 Å². The number of fused-ring (bicyclic) bond motifs is 1. The smallest absolute Gasteiger partial charge is 0.165 e. The third-order valence-corrected chi connectivity index (χ3v) is 5.54. The van der Waals surface area contributed by atoms with E-state index in [0.717, 1.165) is 60.3 Å². The highest BCUT2D eigenvalue weighted by Gasteiger charge is 2.13. The zero-order chi connectivity index (χ0) is 21.5. The minimum Gasteiger partial charge on any atom is -0.493 e. The number of ether oxygens (including phenoxy) is 2. The summed E-state index contributed by atoms with van der Waals surface area (Å²) in [5, 5.41) is 1.06. The van der Waals surface area contributed by atoms with E-state index in [1.807, 2.05) is 48.1 Å². The Kier molecular flexibility index (Phi) is 9.41. The van der Waals surface area contributed by atoms with Crippen molar-refractivity contribution in [2.24, 2.45) is 7.05 Å². The monoisotopic (exact) mass is 444 g/mol. The molecule has 5 nitrogen and oxygen atoms in total. The molecule has 6 heteroatoms. The van der Waals surface area contributed by atoms with E-state index in [9.17, 15) is 4.79 Å². The van der Waals surface area contributed by atoms with Crippen LogP contribution in [0.3, 0.4) is 0 Å². The number of para-hydroxylation sites is 1.